The van der Waals surface area contributed by atoms with Gasteiger partial charge in [-0.05, 0) is 30.3 Å². The highest BCUT2D eigenvalue weighted by Gasteiger charge is 2.25. The molecule has 0 saturated carbocycles. The summed E-state index contributed by atoms with van der Waals surface area (Å²) < 4.78 is 12.5. The Morgan fingerprint density at radius 2 is 1.82 bits per heavy atom. The predicted molar refractivity (Wildman–Crippen MR) is 106 cm³/mol. The Morgan fingerprint density at radius 3 is 2.29 bits per heavy atom. The smallest absolute Gasteiger partial charge is 0.252 e. The van der Waals surface area contributed by atoms with Crippen molar-refractivity contribution >= 4 is 24.0 Å². The largest absolute Gasteiger partial charge is 0.497 e. The van der Waals surface area contributed by atoms with Gasteiger partial charge >= 0.3 is 0 Å². The molecule has 28 heavy (non-hydrogen) atoms. The lowest BCUT2D eigenvalue weighted by molar-refractivity contribution is -0.124. The summed E-state index contributed by atoms with van der Waals surface area (Å²) >= 11 is 5.05. The number of nitrogens with one attached hydrogen (secondary N) is 3. The maximum absolute atomic E-state index is 12.7. The van der Waals surface area contributed by atoms with Crippen LogP contribution >= 0.6 is 12.2 Å². The first kappa shape index (κ1) is 21.4. The zero-order chi connectivity index (χ0) is 20.8. The van der Waals surface area contributed by atoms with Crippen LogP contribution < -0.4 is 20.1 Å². The molecule has 0 bridgehead atoms. The first-order valence-corrected chi connectivity index (χ1v) is 9.09. The number of H-pyrrole nitrogens is 1. The summed E-state index contributed by atoms with van der Waals surface area (Å²) in [6.07, 6.45) is 0. The molecular formula is C18H25N5O4S. The van der Waals surface area contributed by atoms with Crippen LogP contribution in [0.1, 0.15) is 30.0 Å². The summed E-state index contributed by atoms with van der Waals surface area (Å²) in [5.41, 5.74) is 0.337. The molecule has 1 aromatic carbocycles. The van der Waals surface area contributed by atoms with E-state index in [9.17, 15) is 9.59 Å². The van der Waals surface area contributed by atoms with Crippen LogP contribution in [0, 0.1) is 10.7 Å². The van der Waals surface area contributed by atoms with Crippen LogP contribution in [0.4, 0.5) is 0 Å². The van der Waals surface area contributed by atoms with Crippen LogP contribution in [0.5, 0.6) is 11.5 Å². The number of amides is 2. The van der Waals surface area contributed by atoms with Gasteiger partial charge in [0, 0.05) is 18.7 Å². The third-order valence-electron chi connectivity index (χ3n) is 4.24. The van der Waals surface area contributed by atoms with E-state index in [1.165, 1.54) is 14.2 Å². The van der Waals surface area contributed by atoms with Crippen molar-refractivity contribution in [2.45, 2.75) is 26.4 Å². The van der Waals surface area contributed by atoms with E-state index in [-0.39, 0.29) is 18.4 Å². The van der Waals surface area contributed by atoms with Crippen LogP contribution in [0.15, 0.2) is 18.2 Å². The molecule has 0 aliphatic rings. The van der Waals surface area contributed by atoms with E-state index in [2.05, 4.69) is 20.8 Å². The Kier molecular flexibility index (Phi) is 7.16. The van der Waals surface area contributed by atoms with E-state index < -0.39 is 11.9 Å². The van der Waals surface area contributed by atoms with E-state index in [4.69, 9.17) is 21.7 Å². The van der Waals surface area contributed by atoms with Crippen molar-refractivity contribution in [3.8, 4) is 11.5 Å². The van der Waals surface area contributed by atoms with Gasteiger partial charge in [-0.2, -0.15) is 5.10 Å². The molecule has 0 aliphatic heterocycles. The second-order valence-corrected chi connectivity index (χ2v) is 6.90. The van der Waals surface area contributed by atoms with Crippen molar-refractivity contribution in [1.29, 1.82) is 0 Å². The highest BCUT2D eigenvalue weighted by Crippen LogP contribution is 2.22. The van der Waals surface area contributed by atoms with Crippen LogP contribution in [-0.4, -0.2) is 46.8 Å². The number of nitrogens with zero attached hydrogens (tertiary/aromatic N) is 2. The van der Waals surface area contributed by atoms with Crippen LogP contribution in [0.25, 0.3) is 0 Å². The van der Waals surface area contributed by atoms with E-state index in [0.717, 1.165) is 0 Å². The quantitative estimate of drug-likeness (QED) is 0.573. The standard InChI is InChI=1S/C18H25N5O4S/c1-10(2)15(17(25)19-9-14-21-22-18(28)23(14)3)20-16(24)11-6-12(26-4)8-13(7-11)27-5/h6-8,10,15H,9H2,1-5H3,(H,19,25)(H,20,24)(H,22,28). The van der Waals surface area contributed by atoms with Gasteiger partial charge in [-0.1, -0.05) is 13.8 Å². The van der Waals surface area contributed by atoms with E-state index in [1.807, 2.05) is 13.8 Å². The van der Waals surface area contributed by atoms with Crippen molar-refractivity contribution in [1.82, 2.24) is 25.4 Å². The van der Waals surface area contributed by atoms with Crippen molar-refractivity contribution in [3.63, 3.8) is 0 Å². The van der Waals surface area contributed by atoms with Crippen molar-refractivity contribution in [2.24, 2.45) is 13.0 Å². The van der Waals surface area contributed by atoms with E-state index in [1.54, 1.807) is 29.8 Å². The number of benzene rings is 1. The molecule has 152 valence electrons. The predicted octanol–water partition coefficient (Wildman–Crippen LogP) is 1.57. The topological polar surface area (TPSA) is 110 Å². The molecule has 0 aliphatic carbocycles. The Hall–Kier alpha value is -2.88. The number of rotatable bonds is 8. The molecule has 1 heterocycles. The van der Waals surface area contributed by atoms with Gasteiger partial charge < -0.3 is 24.7 Å². The Bertz CT molecular complexity index is 883. The third-order valence-corrected chi connectivity index (χ3v) is 4.61. The molecule has 10 heteroatoms. The molecule has 1 aromatic heterocycles. The van der Waals surface area contributed by atoms with Gasteiger partial charge in [-0.15, -0.1) is 0 Å². The summed E-state index contributed by atoms with van der Waals surface area (Å²) in [7, 11) is 4.76. The summed E-state index contributed by atoms with van der Waals surface area (Å²) in [5.74, 6) is 0.724. The molecule has 1 unspecified atom stereocenters. The Labute approximate surface area is 168 Å². The molecule has 0 saturated heterocycles. The zero-order valence-electron chi connectivity index (χ0n) is 16.5. The number of ether oxygens (including phenoxy) is 2. The highest BCUT2D eigenvalue weighted by molar-refractivity contribution is 7.71. The molecule has 0 radical (unpaired) electrons. The van der Waals surface area contributed by atoms with Crippen LogP contribution in [0.2, 0.25) is 0 Å². The average Bonchev–Trinajstić information content (AvgIpc) is 3.01. The first-order chi connectivity index (χ1) is 13.3. The number of hydrogen-bond donors (Lipinski definition) is 3. The fraction of sp³-hybridized carbons (Fsp3) is 0.444. The summed E-state index contributed by atoms with van der Waals surface area (Å²) in [6.45, 7) is 3.90. The summed E-state index contributed by atoms with van der Waals surface area (Å²) in [6, 6.07) is 4.11. The Balaban J connectivity index is 2.11. The molecule has 0 fully saturated rings. The van der Waals surface area contributed by atoms with Gasteiger partial charge in [0.25, 0.3) is 5.91 Å². The number of aromatic amines is 1. The fourth-order valence-electron chi connectivity index (χ4n) is 2.51. The number of carbonyl (C=O) groups excluding carboxylic acids is 2. The second-order valence-electron chi connectivity index (χ2n) is 6.52. The van der Waals surface area contributed by atoms with Crippen LogP contribution in [0.3, 0.4) is 0 Å². The molecule has 1 atom stereocenters. The first-order valence-electron chi connectivity index (χ1n) is 8.68. The number of hydrogen-bond acceptors (Lipinski definition) is 6. The van der Waals surface area contributed by atoms with Crippen molar-refractivity contribution < 1.29 is 19.1 Å². The van der Waals surface area contributed by atoms with Gasteiger partial charge in [0.15, 0.2) is 10.6 Å². The molecule has 2 amide bonds. The lowest BCUT2D eigenvalue weighted by atomic mass is 10.0. The van der Waals surface area contributed by atoms with E-state index >= 15 is 0 Å². The summed E-state index contributed by atoms with van der Waals surface area (Å²) in [5, 5.41) is 12.3. The van der Waals surface area contributed by atoms with Gasteiger partial charge in [0.1, 0.15) is 17.5 Å². The average molecular weight is 407 g/mol. The van der Waals surface area contributed by atoms with Gasteiger partial charge in [-0.25, -0.2) is 0 Å². The number of methoxy groups -OCH3 is 2. The second kappa shape index (κ2) is 9.36. The van der Waals surface area contributed by atoms with Gasteiger partial charge in [0.05, 0.1) is 20.8 Å². The molecule has 9 nitrogen and oxygen atoms in total. The summed E-state index contributed by atoms with van der Waals surface area (Å²) in [4.78, 5) is 25.3. The van der Waals surface area contributed by atoms with Crippen LogP contribution in [-0.2, 0) is 18.4 Å². The maximum atomic E-state index is 12.7. The maximum Gasteiger partial charge on any atom is 0.252 e. The number of aromatic nitrogens is 3. The minimum atomic E-state index is -0.725. The number of carbonyl (C=O) groups is 2. The lowest BCUT2D eigenvalue weighted by Crippen LogP contribution is -2.49. The lowest BCUT2D eigenvalue weighted by Gasteiger charge is -2.22. The molecule has 3 N–H and O–H groups in total. The third kappa shape index (κ3) is 5.10. The van der Waals surface area contributed by atoms with Gasteiger partial charge in [-0.3, -0.25) is 14.7 Å². The minimum absolute atomic E-state index is 0.126. The van der Waals surface area contributed by atoms with E-state index in [0.29, 0.717) is 27.7 Å². The minimum Gasteiger partial charge on any atom is -0.497 e. The zero-order valence-corrected chi connectivity index (χ0v) is 17.3. The normalized spacial score (nSPS) is 11.8. The van der Waals surface area contributed by atoms with Crippen molar-refractivity contribution in [2.75, 3.05) is 14.2 Å². The highest BCUT2D eigenvalue weighted by atomic mass is 32.1. The van der Waals surface area contributed by atoms with Crippen molar-refractivity contribution in [3.05, 3.63) is 34.4 Å². The molecule has 0 spiro atoms. The monoisotopic (exact) mass is 407 g/mol. The molecular weight excluding hydrogens is 382 g/mol. The van der Waals surface area contributed by atoms with Gasteiger partial charge in [0.2, 0.25) is 5.91 Å². The SMILES string of the molecule is COc1cc(OC)cc(C(=O)NC(C(=O)NCc2n[nH]c(=S)n2C)C(C)C)c1. The fourth-order valence-corrected chi connectivity index (χ4v) is 2.66. The molecule has 2 aromatic rings. The molecule has 2 rings (SSSR count). The Morgan fingerprint density at radius 1 is 1.21 bits per heavy atom.